The van der Waals surface area contributed by atoms with E-state index in [0.29, 0.717) is 0 Å². The second-order valence-corrected chi connectivity index (χ2v) is 6.50. The summed E-state index contributed by atoms with van der Waals surface area (Å²) in [5.74, 6) is -1.16. The molecule has 110 valence electrons. The van der Waals surface area contributed by atoms with Crippen LogP contribution in [0.4, 0.5) is 0 Å². The first-order valence-electron chi connectivity index (χ1n) is 6.10. The maximum atomic E-state index is 12.4. The molecule has 0 fully saturated rings. The van der Waals surface area contributed by atoms with Crippen LogP contribution in [-0.2, 0) is 16.6 Å². The van der Waals surface area contributed by atoms with Gasteiger partial charge in [0.1, 0.15) is 0 Å². The Labute approximate surface area is 122 Å². The van der Waals surface area contributed by atoms with Gasteiger partial charge in [0.2, 0.25) is 10.0 Å². The van der Waals surface area contributed by atoms with Crippen LogP contribution in [0, 0.1) is 0 Å². The number of hydrogen-bond acceptors (Lipinski definition) is 4. The summed E-state index contributed by atoms with van der Waals surface area (Å²) in [6, 6.07) is 8.78. The molecule has 2 rings (SSSR count). The summed E-state index contributed by atoms with van der Waals surface area (Å²) in [7, 11) is -2.31. The minimum atomic E-state index is -3.75. The van der Waals surface area contributed by atoms with Crippen molar-refractivity contribution in [3.8, 4) is 0 Å². The van der Waals surface area contributed by atoms with Crippen molar-refractivity contribution in [2.24, 2.45) is 0 Å². The molecule has 0 saturated heterocycles. The lowest BCUT2D eigenvalue weighted by Crippen LogP contribution is -2.26. The maximum Gasteiger partial charge on any atom is 0.335 e. The SMILES string of the molecule is CN(Cc1cccnc1)S(=O)(=O)c1cccc(C(=O)O)c1. The van der Waals surface area contributed by atoms with Crippen LogP contribution >= 0.6 is 0 Å². The molecule has 1 N–H and O–H groups in total. The van der Waals surface area contributed by atoms with E-state index in [1.54, 1.807) is 24.5 Å². The lowest BCUT2D eigenvalue weighted by Gasteiger charge is -2.17. The molecule has 1 aromatic heterocycles. The summed E-state index contributed by atoms with van der Waals surface area (Å²) in [5, 5.41) is 8.93. The first-order valence-corrected chi connectivity index (χ1v) is 7.54. The molecular weight excluding hydrogens is 292 g/mol. The molecule has 0 bridgehead atoms. The van der Waals surface area contributed by atoms with E-state index in [1.165, 1.54) is 25.2 Å². The van der Waals surface area contributed by atoms with Gasteiger partial charge in [0.05, 0.1) is 10.5 Å². The third kappa shape index (κ3) is 3.45. The van der Waals surface area contributed by atoms with Crippen LogP contribution in [-0.4, -0.2) is 35.8 Å². The zero-order valence-electron chi connectivity index (χ0n) is 11.3. The Hall–Kier alpha value is -2.25. The Bertz CT molecular complexity index is 745. The standard InChI is InChI=1S/C14H14N2O4S/c1-16(10-11-4-3-7-15-9-11)21(19,20)13-6-2-5-12(8-13)14(17)18/h2-9H,10H2,1H3,(H,17,18). The number of pyridine rings is 1. The smallest absolute Gasteiger partial charge is 0.335 e. The van der Waals surface area contributed by atoms with Crippen molar-refractivity contribution in [3.05, 3.63) is 59.9 Å². The summed E-state index contributed by atoms with van der Waals surface area (Å²) >= 11 is 0. The molecule has 0 unspecified atom stereocenters. The van der Waals surface area contributed by atoms with Gasteiger partial charge in [0.15, 0.2) is 0 Å². The predicted molar refractivity (Wildman–Crippen MR) is 76.3 cm³/mol. The Morgan fingerprint density at radius 2 is 2.05 bits per heavy atom. The zero-order valence-corrected chi connectivity index (χ0v) is 12.1. The minimum Gasteiger partial charge on any atom is -0.478 e. The molecule has 0 saturated carbocycles. The van der Waals surface area contributed by atoms with E-state index in [0.717, 1.165) is 15.9 Å². The zero-order chi connectivity index (χ0) is 15.5. The molecule has 1 aromatic carbocycles. The fourth-order valence-corrected chi connectivity index (χ4v) is 3.01. The summed E-state index contributed by atoms with van der Waals surface area (Å²) in [6.45, 7) is 0.160. The third-order valence-electron chi connectivity index (χ3n) is 2.92. The van der Waals surface area contributed by atoms with Crippen LogP contribution in [0.1, 0.15) is 15.9 Å². The first-order chi connectivity index (χ1) is 9.91. The fraction of sp³-hybridized carbons (Fsp3) is 0.143. The van der Waals surface area contributed by atoms with Crippen molar-refractivity contribution in [1.82, 2.24) is 9.29 Å². The lowest BCUT2D eigenvalue weighted by molar-refractivity contribution is 0.0696. The molecule has 0 aliphatic rings. The number of carboxylic acids is 1. The Morgan fingerprint density at radius 3 is 2.67 bits per heavy atom. The average molecular weight is 306 g/mol. The van der Waals surface area contributed by atoms with Crippen LogP contribution in [0.25, 0.3) is 0 Å². The highest BCUT2D eigenvalue weighted by Crippen LogP contribution is 2.17. The van der Waals surface area contributed by atoms with Crippen LogP contribution in [0.15, 0.2) is 53.7 Å². The number of aromatic carboxylic acids is 1. The number of aromatic nitrogens is 1. The molecule has 0 aliphatic carbocycles. The number of carboxylic acid groups (broad SMARTS) is 1. The van der Waals surface area contributed by atoms with Gasteiger partial charge < -0.3 is 5.11 Å². The van der Waals surface area contributed by atoms with E-state index in [-0.39, 0.29) is 17.0 Å². The van der Waals surface area contributed by atoms with Gasteiger partial charge in [-0.05, 0) is 29.8 Å². The summed E-state index contributed by atoms with van der Waals surface area (Å²) in [4.78, 5) is 14.8. The van der Waals surface area contributed by atoms with Gasteiger partial charge in [0, 0.05) is 26.0 Å². The van der Waals surface area contributed by atoms with Crippen LogP contribution in [0.3, 0.4) is 0 Å². The number of carbonyl (C=O) groups is 1. The van der Waals surface area contributed by atoms with Gasteiger partial charge >= 0.3 is 5.97 Å². The van der Waals surface area contributed by atoms with E-state index >= 15 is 0 Å². The Balaban J connectivity index is 2.29. The molecule has 7 heteroatoms. The van der Waals surface area contributed by atoms with Crippen molar-refractivity contribution >= 4 is 16.0 Å². The molecule has 0 amide bonds. The summed E-state index contributed by atoms with van der Waals surface area (Å²) in [5.41, 5.74) is 0.684. The Kier molecular flexibility index (Phi) is 4.35. The molecule has 2 aromatic rings. The monoisotopic (exact) mass is 306 g/mol. The van der Waals surface area contributed by atoms with Crippen molar-refractivity contribution in [1.29, 1.82) is 0 Å². The summed E-state index contributed by atoms with van der Waals surface area (Å²) in [6.07, 6.45) is 3.19. The van der Waals surface area contributed by atoms with E-state index in [4.69, 9.17) is 5.11 Å². The summed E-state index contributed by atoms with van der Waals surface area (Å²) < 4.78 is 26.0. The van der Waals surface area contributed by atoms with Crippen molar-refractivity contribution in [2.75, 3.05) is 7.05 Å². The van der Waals surface area contributed by atoms with Gasteiger partial charge in [-0.1, -0.05) is 12.1 Å². The highest BCUT2D eigenvalue weighted by Gasteiger charge is 2.22. The van der Waals surface area contributed by atoms with E-state index in [2.05, 4.69) is 4.98 Å². The average Bonchev–Trinajstić information content (AvgIpc) is 2.48. The van der Waals surface area contributed by atoms with E-state index in [1.807, 2.05) is 0 Å². The molecule has 0 aliphatic heterocycles. The van der Waals surface area contributed by atoms with E-state index < -0.39 is 16.0 Å². The number of benzene rings is 1. The van der Waals surface area contributed by atoms with E-state index in [9.17, 15) is 13.2 Å². The molecular formula is C14H14N2O4S. The van der Waals surface area contributed by atoms with Crippen LogP contribution in [0.5, 0.6) is 0 Å². The number of sulfonamides is 1. The number of nitrogens with zero attached hydrogens (tertiary/aromatic N) is 2. The number of rotatable bonds is 5. The second kappa shape index (κ2) is 6.02. The lowest BCUT2D eigenvalue weighted by atomic mass is 10.2. The Morgan fingerprint density at radius 1 is 1.29 bits per heavy atom. The van der Waals surface area contributed by atoms with Crippen molar-refractivity contribution in [3.63, 3.8) is 0 Å². The highest BCUT2D eigenvalue weighted by molar-refractivity contribution is 7.89. The fourth-order valence-electron chi connectivity index (χ4n) is 1.80. The van der Waals surface area contributed by atoms with Gasteiger partial charge in [-0.2, -0.15) is 4.31 Å². The molecule has 0 radical (unpaired) electrons. The van der Waals surface area contributed by atoms with Crippen LogP contribution in [0.2, 0.25) is 0 Å². The van der Waals surface area contributed by atoms with Gasteiger partial charge in [-0.25, -0.2) is 13.2 Å². The van der Waals surface area contributed by atoms with Gasteiger partial charge in [-0.15, -0.1) is 0 Å². The molecule has 1 heterocycles. The predicted octanol–water partition coefficient (Wildman–Crippen LogP) is 1.60. The van der Waals surface area contributed by atoms with Gasteiger partial charge in [0.25, 0.3) is 0 Å². The van der Waals surface area contributed by atoms with Crippen molar-refractivity contribution in [2.45, 2.75) is 11.4 Å². The molecule has 0 atom stereocenters. The second-order valence-electron chi connectivity index (χ2n) is 4.46. The topological polar surface area (TPSA) is 87.6 Å². The van der Waals surface area contributed by atoms with Crippen molar-refractivity contribution < 1.29 is 18.3 Å². The quantitative estimate of drug-likeness (QED) is 0.906. The highest BCUT2D eigenvalue weighted by atomic mass is 32.2. The van der Waals surface area contributed by atoms with Gasteiger partial charge in [-0.3, -0.25) is 4.98 Å². The largest absolute Gasteiger partial charge is 0.478 e. The maximum absolute atomic E-state index is 12.4. The molecule has 21 heavy (non-hydrogen) atoms. The number of hydrogen-bond donors (Lipinski definition) is 1. The van der Waals surface area contributed by atoms with Crippen LogP contribution < -0.4 is 0 Å². The normalized spacial score (nSPS) is 11.5. The minimum absolute atomic E-state index is 0.0474. The third-order valence-corrected chi connectivity index (χ3v) is 4.72. The molecule has 0 spiro atoms. The first kappa shape index (κ1) is 15.1. The molecule has 6 nitrogen and oxygen atoms in total.